The second-order valence-electron chi connectivity index (χ2n) is 11.6. The van der Waals surface area contributed by atoms with E-state index in [9.17, 15) is 0 Å². The van der Waals surface area contributed by atoms with Gasteiger partial charge in [0.15, 0.2) is 0 Å². The van der Waals surface area contributed by atoms with E-state index in [2.05, 4.69) is 13.8 Å². The highest BCUT2D eigenvalue weighted by Crippen LogP contribution is 2.68. The fourth-order valence-electron chi connectivity index (χ4n) is 7.41. The van der Waals surface area contributed by atoms with Crippen molar-refractivity contribution in [1.29, 1.82) is 0 Å². The van der Waals surface area contributed by atoms with E-state index in [0.717, 1.165) is 11.8 Å². The summed E-state index contributed by atoms with van der Waals surface area (Å²) in [6, 6.07) is 0. The molecule has 3 aliphatic rings. The van der Waals surface area contributed by atoms with Crippen molar-refractivity contribution in [2.24, 2.45) is 22.7 Å². The third-order valence-electron chi connectivity index (χ3n) is 9.41. The summed E-state index contributed by atoms with van der Waals surface area (Å²) in [5.74, 6) is 1.82. The summed E-state index contributed by atoms with van der Waals surface area (Å²) in [5.41, 5.74) is 0.234. The Labute approximate surface area is 182 Å². The molecule has 0 nitrogen and oxygen atoms in total. The van der Waals surface area contributed by atoms with Gasteiger partial charge in [0.1, 0.15) is 6.17 Å². The molecule has 0 aliphatic heterocycles. The van der Waals surface area contributed by atoms with Crippen molar-refractivity contribution in [2.45, 2.75) is 155 Å². The molecule has 3 fully saturated rings. The largest absolute Gasteiger partial charge is 0.246 e. The molecule has 0 N–H and O–H groups in total. The minimum Gasteiger partial charge on any atom is -0.246 e. The molecule has 3 aliphatic carbocycles. The van der Waals surface area contributed by atoms with Crippen LogP contribution in [0.15, 0.2) is 0 Å². The summed E-state index contributed by atoms with van der Waals surface area (Å²) in [6.45, 7) is 4.58. The lowest BCUT2D eigenvalue weighted by molar-refractivity contribution is -0.184. The van der Waals surface area contributed by atoms with Crippen LogP contribution in [0.4, 0.5) is 4.39 Å². The number of unbranched alkanes of at least 4 members (excludes halogenated alkanes) is 8. The van der Waals surface area contributed by atoms with Gasteiger partial charge < -0.3 is 0 Å². The molecule has 0 saturated heterocycles. The standard InChI is InChI=1S/C28H51F/c1-3-5-7-9-11-13-24-15-19-27(20-16-24)23-28(26(27)29)21-17-25(18-22-28)14-12-10-8-6-4-2/h24-26H,3-23H2,1-2H3/t24?,25?,26?,27-,28-. The van der Waals surface area contributed by atoms with Crippen molar-refractivity contribution in [2.75, 3.05) is 0 Å². The topological polar surface area (TPSA) is 0 Å². The maximum absolute atomic E-state index is 15.6. The Kier molecular flexibility index (Phi) is 9.37. The van der Waals surface area contributed by atoms with Gasteiger partial charge in [-0.15, -0.1) is 0 Å². The van der Waals surface area contributed by atoms with E-state index in [1.807, 2.05) is 0 Å². The molecular weight excluding hydrogens is 355 g/mol. The van der Waals surface area contributed by atoms with Gasteiger partial charge in [0.05, 0.1) is 0 Å². The highest BCUT2D eigenvalue weighted by Gasteiger charge is 2.64. The van der Waals surface area contributed by atoms with Gasteiger partial charge in [-0.2, -0.15) is 0 Å². The van der Waals surface area contributed by atoms with E-state index in [1.54, 1.807) is 0 Å². The molecule has 0 bridgehead atoms. The summed E-state index contributed by atoms with van der Waals surface area (Å²) in [4.78, 5) is 0. The highest BCUT2D eigenvalue weighted by atomic mass is 19.1. The molecule has 1 heteroatoms. The van der Waals surface area contributed by atoms with E-state index < -0.39 is 6.17 Å². The Hall–Kier alpha value is -0.0700. The van der Waals surface area contributed by atoms with Gasteiger partial charge in [0, 0.05) is 10.8 Å². The molecule has 0 aromatic heterocycles. The SMILES string of the molecule is CCCCCCCC1CC[C@]2(CC1)C[C@@]1(CCC(CCCCCCC)CC1)C2F. The van der Waals surface area contributed by atoms with E-state index in [-0.39, 0.29) is 10.8 Å². The van der Waals surface area contributed by atoms with Crippen molar-refractivity contribution < 1.29 is 4.39 Å². The van der Waals surface area contributed by atoms with Gasteiger partial charge in [0.25, 0.3) is 0 Å². The maximum atomic E-state index is 15.6. The molecule has 3 saturated carbocycles. The van der Waals surface area contributed by atoms with Crippen molar-refractivity contribution >= 4 is 0 Å². The number of halogens is 1. The summed E-state index contributed by atoms with van der Waals surface area (Å²) < 4.78 is 15.6. The Bertz CT molecular complexity index is 399. The first kappa shape index (κ1) is 23.6. The second kappa shape index (κ2) is 11.5. The predicted octanol–water partition coefficient (Wildman–Crippen LogP) is 9.80. The van der Waals surface area contributed by atoms with E-state index in [0.29, 0.717) is 0 Å². The zero-order valence-corrected chi connectivity index (χ0v) is 20.0. The van der Waals surface area contributed by atoms with Crippen LogP contribution in [0.5, 0.6) is 0 Å². The van der Waals surface area contributed by atoms with Crippen LogP contribution in [-0.2, 0) is 0 Å². The minimum atomic E-state index is -0.467. The van der Waals surface area contributed by atoms with Crippen molar-refractivity contribution in [3.8, 4) is 0 Å². The molecule has 170 valence electrons. The first-order valence-electron chi connectivity index (χ1n) is 13.8. The monoisotopic (exact) mass is 406 g/mol. The summed E-state index contributed by atoms with van der Waals surface area (Å²) in [5, 5.41) is 0. The van der Waals surface area contributed by atoms with Gasteiger partial charge in [-0.1, -0.05) is 90.9 Å². The quantitative estimate of drug-likeness (QED) is 0.283. The second-order valence-corrected chi connectivity index (χ2v) is 11.6. The van der Waals surface area contributed by atoms with Gasteiger partial charge in [0.2, 0.25) is 0 Å². The smallest absolute Gasteiger partial charge is 0.111 e. The molecule has 0 aromatic carbocycles. The van der Waals surface area contributed by atoms with Crippen LogP contribution in [0, 0.1) is 22.7 Å². The van der Waals surface area contributed by atoms with Crippen LogP contribution in [0.25, 0.3) is 0 Å². The van der Waals surface area contributed by atoms with Crippen molar-refractivity contribution in [3.05, 3.63) is 0 Å². The van der Waals surface area contributed by atoms with Gasteiger partial charge in [-0.3, -0.25) is 0 Å². The number of hydrogen-bond donors (Lipinski definition) is 0. The minimum absolute atomic E-state index is 0.117. The van der Waals surface area contributed by atoms with E-state index in [4.69, 9.17) is 0 Å². The molecular formula is C28H51F. The maximum Gasteiger partial charge on any atom is 0.111 e. The molecule has 3 rings (SSSR count). The lowest BCUT2D eigenvalue weighted by atomic mass is 9.42. The molecule has 0 atom stereocenters. The van der Waals surface area contributed by atoms with Gasteiger partial charge in [-0.05, 0) is 69.6 Å². The van der Waals surface area contributed by atoms with Crippen LogP contribution >= 0.6 is 0 Å². The molecule has 0 heterocycles. The Morgan fingerprint density at radius 1 is 0.586 bits per heavy atom. The Morgan fingerprint density at radius 3 is 1.31 bits per heavy atom. The van der Waals surface area contributed by atoms with Gasteiger partial charge in [-0.25, -0.2) is 4.39 Å². The first-order chi connectivity index (χ1) is 14.1. The van der Waals surface area contributed by atoms with Crippen LogP contribution in [0.1, 0.15) is 149 Å². The fraction of sp³-hybridized carbons (Fsp3) is 1.00. The fourth-order valence-corrected chi connectivity index (χ4v) is 7.41. The van der Waals surface area contributed by atoms with Crippen LogP contribution in [0.2, 0.25) is 0 Å². The Morgan fingerprint density at radius 2 is 0.966 bits per heavy atom. The van der Waals surface area contributed by atoms with Crippen LogP contribution in [-0.4, -0.2) is 6.17 Å². The lowest BCUT2D eigenvalue weighted by Crippen LogP contribution is -2.60. The van der Waals surface area contributed by atoms with Crippen molar-refractivity contribution in [1.82, 2.24) is 0 Å². The van der Waals surface area contributed by atoms with E-state index in [1.165, 1.54) is 135 Å². The van der Waals surface area contributed by atoms with Crippen LogP contribution < -0.4 is 0 Å². The molecule has 29 heavy (non-hydrogen) atoms. The number of alkyl halides is 1. The lowest BCUT2D eigenvalue weighted by Gasteiger charge is -2.63. The summed E-state index contributed by atoms with van der Waals surface area (Å²) in [6.07, 6.45) is 27.7. The Balaban J connectivity index is 1.32. The highest BCUT2D eigenvalue weighted by molar-refractivity contribution is 5.13. The zero-order valence-electron chi connectivity index (χ0n) is 20.0. The third-order valence-corrected chi connectivity index (χ3v) is 9.41. The van der Waals surface area contributed by atoms with Crippen molar-refractivity contribution in [3.63, 3.8) is 0 Å². The predicted molar refractivity (Wildman–Crippen MR) is 125 cm³/mol. The average Bonchev–Trinajstić information content (AvgIpc) is 2.75. The summed E-state index contributed by atoms with van der Waals surface area (Å²) in [7, 11) is 0. The third kappa shape index (κ3) is 6.00. The molecule has 0 radical (unpaired) electrons. The van der Waals surface area contributed by atoms with Crippen LogP contribution in [0.3, 0.4) is 0 Å². The number of rotatable bonds is 12. The molecule has 2 spiro atoms. The first-order valence-corrected chi connectivity index (χ1v) is 13.8. The normalized spacial score (nSPS) is 37.1. The molecule has 0 unspecified atom stereocenters. The molecule has 0 amide bonds. The zero-order chi connectivity index (χ0) is 20.6. The van der Waals surface area contributed by atoms with Gasteiger partial charge >= 0.3 is 0 Å². The summed E-state index contributed by atoms with van der Waals surface area (Å²) >= 11 is 0. The average molecular weight is 407 g/mol. The van der Waals surface area contributed by atoms with E-state index >= 15 is 4.39 Å². The number of hydrogen-bond acceptors (Lipinski definition) is 0. The molecule has 0 aromatic rings.